The molecule has 22 heavy (non-hydrogen) atoms. The second-order valence-corrected chi connectivity index (χ2v) is 6.60. The highest BCUT2D eigenvalue weighted by Gasteiger charge is 2.34. The van der Waals surface area contributed by atoms with E-state index in [0.717, 1.165) is 19.6 Å². The Morgan fingerprint density at radius 3 is 2.55 bits per heavy atom. The quantitative estimate of drug-likeness (QED) is 0.864. The Morgan fingerprint density at radius 1 is 1.14 bits per heavy atom. The molecule has 1 aliphatic heterocycles. The Hall–Kier alpha value is -1.71. The Bertz CT molecular complexity index is 592. The van der Waals surface area contributed by atoms with Crippen molar-refractivity contribution in [2.24, 2.45) is 0 Å². The van der Waals surface area contributed by atoms with Crippen LogP contribution in [0.5, 0.6) is 0 Å². The lowest BCUT2D eigenvalue weighted by Gasteiger charge is -2.25. The lowest BCUT2D eigenvalue weighted by atomic mass is 9.93. The summed E-state index contributed by atoms with van der Waals surface area (Å²) in [5.41, 5.74) is 4.08. The molecule has 1 aromatic carbocycles. The van der Waals surface area contributed by atoms with E-state index in [1.807, 2.05) is 18.5 Å². The van der Waals surface area contributed by atoms with Gasteiger partial charge < -0.3 is 4.90 Å². The van der Waals surface area contributed by atoms with Crippen LogP contribution in [0.3, 0.4) is 0 Å². The van der Waals surface area contributed by atoms with Crippen molar-refractivity contribution in [1.29, 1.82) is 0 Å². The van der Waals surface area contributed by atoms with Crippen molar-refractivity contribution in [3.05, 3.63) is 65.5 Å². The lowest BCUT2D eigenvalue weighted by molar-refractivity contribution is 0.259. The summed E-state index contributed by atoms with van der Waals surface area (Å²) in [6.45, 7) is 5.36. The van der Waals surface area contributed by atoms with Gasteiger partial charge in [0.15, 0.2) is 0 Å². The molecule has 0 bridgehead atoms. The van der Waals surface area contributed by atoms with Gasteiger partial charge in [-0.3, -0.25) is 9.88 Å². The molecule has 0 N–H and O–H groups in total. The number of benzene rings is 1. The van der Waals surface area contributed by atoms with E-state index in [1.165, 1.54) is 16.7 Å². The highest BCUT2D eigenvalue weighted by atomic mass is 15.2. The van der Waals surface area contributed by atoms with E-state index >= 15 is 0 Å². The normalized spacial score (nSPS) is 22.4. The molecule has 0 radical (unpaired) electrons. The molecule has 3 heteroatoms. The van der Waals surface area contributed by atoms with Crippen LogP contribution in [-0.2, 0) is 6.54 Å². The molecule has 0 spiro atoms. The van der Waals surface area contributed by atoms with Crippen molar-refractivity contribution in [2.45, 2.75) is 25.4 Å². The number of aromatic nitrogens is 1. The van der Waals surface area contributed by atoms with E-state index in [4.69, 9.17) is 0 Å². The maximum absolute atomic E-state index is 4.23. The van der Waals surface area contributed by atoms with Crippen molar-refractivity contribution < 1.29 is 0 Å². The molecule has 3 rings (SSSR count). The van der Waals surface area contributed by atoms with Crippen LogP contribution < -0.4 is 0 Å². The zero-order valence-corrected chi connectivity index (χ0v) is 13.7. The zero-order valence-electron chi connectivity index (χ0n) is 13.7. The Balaban J connectivity index is 1.76. The summed E-state index contributed by atoms with van der Waals surface area (Å²) < 4.78 is 0. The standard InChI is InChI=1S/C19H25N3/c1-15-6-8-17(9-7-15)18-13-22(14-19(18)21(2)3)12-16-5-4-10-20-11-16/h4-11,18-19H,12-14H2,1-3H3/t18-,19+/m0/s1. The van der Waals surface area contributed by atoms with Crippen LogP contribution in [0.15, 0.2) is 48.8 Å². The van der Waals surface area contributed by atoms with E-state index in [1.54, 1.807) is 0 Å². The van der Waals surface area contributed by atoms with E-state index in [0.29, 0.717) is 12.0 Å². The number of likely N-dealkylation sites (N-methyl/N-ethyl adjacent to an activating group) is 1. The average Bonchev–Trinajstić information content (AvgIpc) is 2.93. The third-order valence-electron chi connectivity index (χ3n) is 4.66. The van der Waals surface area contributed by atoms with Gasteiger partial charge in [-0.2, -0.15) is 0 Å². The minimum absolute atomic E-state index is 0.569. The predicted octanol–water partition coefficient (Wildman–Crippen LogP) is 2.92. The molecule has 116 valence electrons. The van der Waals surface area contributed by atoms with Crippen molar-refractivity contribution in [1.82, 2.24) is 14.8 Å². The lowest BCUT2D eigenvalue weighted by Crippen LogP contribution is -2.34. The van der Waals surface area contributed by atoms with Gasteiger partial charge >= 0.3 is 0 Å². The number of hydrogen-bond acceptors (Lipinski definition) is 3. The molecular weight excluding hydrogens is 270 g/mol. The molecule has 1 aliphatic rings. The number of nitrogens with zero attached hydrogens (tertiary/aromatic N) is 3. The maximum Gasteiger partial charge on any atom is 0.0312 e. The number of rotatable bonds is 4. The first-order valence-electron chi connectivity index (χ1n) is 7.98. The van der Waals surface area contributed by atoms with Crippen LogP contribution in [0, 0.1) is 6.92 Å². The number of pyridine rings is 1. The van der Waals surface area contributed by atoms with Gasteiger partial charge in [0.1, 0.15) is 0 Å². The first kappa shape index (κ1) is 15.2. The molecule has 0 amide bonds. The molecule has 2 heterocycles. The summed E-state index contributed by atoms with van der Waals surface area (Å²) >= 11 is 0. The van der Waals surface area contributed by atoms with Crippen molar-refractivity contribution in [3.63, 3.8) is 0 Å². The summed E-state index contributed by atoms with van der Waals surface area (Å²) in [5, 5.41) is 0. The predicted molar refractivity (Wildman–Crippen MR) is 90.9 cm³/mol. The molecular formula is C19H25N3. The Kier molecular flexibility index (Phi) is 4.55. The van der Waals surface area contributed by atoms with Crippen molar-refractivity contribution >= 4 is 0 Å². The number of aryl methyl sites for hydroxylation is 1. The second kappa shape index (κ2) is 6.59. The van der Waals surface area contributed by atoms with Gasteiger partial charge in [-0.25, -0.2) is 0 Å². The highest BCUT2D eigenvalue weighted by molar-refractivity contribution is 5.27. The van der Waals surface area contributed by atoms with Crippen molar-refractivity contribution in [3.8, 4) is 0 Å². The smallest absolute Gasteiger partial charge is 0.0312 e. The van der Waals surface area contributed by atoms with E-state index in [-0.39, 0.29) is 0 Å². The number of hydrogen-bond donors (Lipinski definition) is 0. The highest BCUT2D eigenvalue weighted by Crippen LogP contribution is 2.31. The topological polar surface area (TPSA) is 19.4 Å². The molecule has 0 aliphatic carbocycles. The van der Waals surface area contributed by atoms with Crippen LogP contribution in [0.4, 0.5) is 0 Å². The van der Waals surface area contributed by atoms with Crippen LogP contribution in [0.2, 0.25) is 0 Å². The summed E-state index contributed by atoms with van der Waals surface area (Å²) in [7, 11) is 4.39. The van der Waals surface area contributed by atoms with Gasteiger partial charge in [-0.1, -0.05) is 35.9 Å². The van der Waals surface area contributed by atoms with Crippen LogP contribution in [0.1, 0.15) is 22.6 Å². The fourth-order valence-electron chi connectivity index (χ4n) is 3.41. The molecule has 2 atom stereocenters. The third-order valence-corrected chi connectivity index (χ3v) is 4.66. The third kappa shape index (κ3) is 3.37. The Labute approximate surface area is 133 Å². The minimum Gasteiger partial charge on any atom is -0.305 e. The van der Waals surface area contributed by atoms with Gasteiger partial charge in [0.25, 0.3) is 0 Å². The van der Waals surface area contributed by atoms with Crippen LogP contribution in [-0.4, -0.2) is 48.0 Å². The fourth-order valence-corrected chi connectivity index (χ4v) is 3.41. The molecule has 0 saturated carbocycles. The number of likely N-dealkylation sites (tertiary alicyclic amines) is 1. The zero-order chi connectivity index (χ0) is 15.5. The summed E-state index contributed by atoms with van der Waals surface area (Å²) in [5.74, 6) is 0.576. The largest absolute Gasteiger partial charge is 0.305 e. The fraction of sp³-hybridized carbons (Fsp3) is 0.421. The molecule has 0 unspecified atom stereocenters. The van der Waals surface area contributed by atoms with E-state index in [9.17, 15) is 0 Å². The first-order valence-corrected chi connectivity index (χ1v) is 7.98. The summed E-state index contributed by atoms with van der Waals surface area (Å²) in [6.07, 6.45) is 3.81. The van der Waals surface area contributed by atoms with Gasteiger partial charge in [0.05, 0.1) is 0 Å². The molecule has 3 nitrogen and oxygen atoms in total. The molecule has 1 fully saturated rings. The minimum atomic E-state index is 0.569. The van der Waals surface area contributed by atoms with Crippen LogP contribution in [0.25, 0.3) is 0 Å². The Morgan fingerprint density at radius 2 is 1.91 bits per heavy atom. The average molecular weight is 295 g/mol. The molecule has 1 saturated heterocycles. The second-order valence-electron chi connectivity index (χ2n) is 6.60. The van der Waals surface area contributed by atoms with Gasteiger partial charge in [-0.05, 0) is 38.2 Å². The first-order chi connectivity index (χ1) is 10.6. The van der Waals surface area contributed by atoms with E-state index in [2.05, 4.69) is 66.1 Å². The van der Waals surface area contributed by atoms with Crippen molar-refractivity contribution in [2.75, 3.05) is 27.2 Å². The monoisotopic (exact) mass is 295 g/mol. The maximum atomic E-state index is 4.23. The SMILES string of the molecule is Cc1ccc([C@@H]2CN(Cc3cccnc3)C[C@H]2N(C)C)cc1. The molecule has 2 aromatic rings. The van der Waals surface area contributed by atoms with Gasteiger partial charge in [-0.15, -0.1) is 0 Å². The van der Waals surface area contributed by atoms with Gasteiger partial charge in [0, 0.05) is 44.0 Å². The summed E-state index contributed by atoms with van der Waals surface area (Å²) in [4.78, 5) is 9.15. The van der Waals surface area contributed by atoms with Crippen LogP contribution >= 0.6 is 0 Å². The van der Waals surface area contributed by atoms with E-state index < -0.39 is 0 Å². The summed E-state index contributed by atoms with van der Waals surface area (Å²) in [6, 6.07) is 13.8. The van der Waals surface area contributed by atoms with Gasteiger partial charge in [0.2, 0.25) is 0 Å². The molecule has 1 aromatic heterocycles.